The summed E-state index contributed by atoms with van der Waals surface area (Å²) in [6.45, 7) is 6.75. The maximum absolute atomic E-state index is 13.2. The fraction of sp³-hybridized carbons (Fsp3) is 0.652. The molecule has 1 aliphatic carbocycles. The second-order valence-electron chi connectivity index (χ2n) is 9.26. The van der Waals surface area contributed by atoms with Crippen molar-refractivity contribution in [2.75, 3.05) is 46.8 Å². The number of carbonyl (C=O) groups is 2. The molecule has 2 saturated heterocycles. The second-order valence-corrected chi connectivity index (χ2v) is 9.26. The molecular weight excluding hydrogens is 350 g/mol. The summed E-state index contributed by atoms with van der Waals surface area (Å²) in [6.07, 6.45) is 4.17. The van der Waals surface area contributed by atoms with Crippen LogP contribution in [0.2, 0.25) is 0 Å². The standard InChI is InChI=1S/C23H33N3O2/c1-4-25-16-19-22(10-11-23(19,17-25)21(28)24(2)3)12-14-26(15-13-22)20(27)18-8-6-5-7-9-18/h5-9,19H,4,10-17H2,1-3H3/t19-,23+/m1/s1. The zero-order chi connectivity index (χ0) is 19.9. The van der Waals surface area contributed by atoms with Gasteiger partial charge in [0.15, 0.2) is 0 Å². The van der Waals surface area contributed by atoms with Gasteiger partial charge in [-0.05, 0) is 55.7 Å². The number of nitrogens with zero attached hydrogens (tertiary/aromatic N) is 3. The molecule has 3 fully saturated rings. The van der Waals surface area contributed by atoms with Crippen LogP contribution in [0.4, 0.5) is 0 Å². The highest BCUT2D eigenvalue weighted by molar-refractivity contribution is 5.94. The Bertz CT molecular complexity index is 739. The van der Waals surface area contributed by atoms with E-state index in [1.165, 1.54) is 0 Å². The quantitative estimate of drug-likeness (QED) is 0.806. The van der Waals surface area contributed by atoms with Crippen LogP contribution in [0.3, 0.4) is 0 Å². The van der Waals surface area contributed by atoms with E-state index in [9.17, 15) is 9.59 Å². The van der Waals surface area contributed by atoms with Crippen molar-refractivity contribution in [1.29, 1.82) is 0 Å². The van der Waals surface area contributed by atoms with Gasteiger partial charge in [-0.1, -0.05) is 25.1 Å². The van der Waals surface area contributed by atoms with Crippen LogP contribution in [0.1, 0.15) is 43.0 Å². The zero-order valence-electron chi connectivity index (χ0n) is 17.5. The Labute approximate surface area is 168 Å². The predicted octanol–water partition coefficient (Wildman–Crippen LogP) is 2.73. The first kappa shape index (κ1) is 19.4. The van der Waals surface area contributed by atoms with Crippen LogP contribution < -0.4 is 0 Å². The van der Waals surface area contributed by atoms with Crippen LogP contribution in [-0.2, 0) is 4.79 Å². The SMILES string of the molecule is CCN1C[C@@H]2C3(CCN(C(=O)c4ccccc4)CC3)CC[C@]2(C(=O)N(C)C)C1. The highest BCUT2D eigenvalue weighted by atomic mass is 16.2. The lowest BCUT2D eigenvalue weighted by Crippen LogP contribution is -2.49. The van der Waals surface area contributed by atoms with Gasteiger partial charge in [0, 0.05) is 45.8 Å². The van der Waals surface area contributed by atoms with Crippen LogP contribution in [0.15, 0.2) is 30.3 Å². The van der Waals surface area contributed by atoms with E-state index in [0.717, 1.165) is 64.0 Å². The summed E-state index contributed by atoms with van der Waals surface area (Å²) in [6, 6.07) is 9.60. The lowest BCUT2D eigenvalue weighted by atomic mass is 9.65. The number of fused-ring (bicyclic) bond motifs is 2. The number of hydrogen-bond donors (Lipinski definition) is 0. The normalized spacial score (nSPS) is 29.1. The van der Waals surface area contributed by atoms with Gasteiger partial charge in [0.05, 0.1) is 5.41 Å². The van der Waals surface area contributed by atoms with Gasteiger partial charge in [0.25, 0.3) is 5.91 Å². The minimum Gasteiger partial charge on any atom is -0.348 e. The number of hydrogen-bond acceptors (Lipinski definition) is 3. The molecule has 0 N–H and O–H groups in total. The summed E-state index contributed by atoms with van der Waals surface area (Å²) in [7, 11) is 3.80. The highest BCUT2D eigenvalue weighted by Crippen LogP contribution is 2.62. The van der Waals surface area contributed by atoms with E-state index in [2.05, 4.69) is 11.8 Å². The Balaban J connectivity index is 1.52. The molecule has 0 aromatic heterocycles. The van der Waals surface area contributed by atoms with Gasteiger partial charge in [0.1, 0.15) is 0 Å². The van der Waals surface area contributed by atoms with Crippen molar-refractivity contribution >= 4 is 11.8 Å². The molecule has 3 aliphatic rings. The van der Waals surface area contributed by atoms with Crippen LogP contribution in [-0.4, -0.2) is 73.3 Å². The van der Waals surface area contributed by atoms with E-state index in [1.54, 1.807) is 4.90 Å². The van der Waals surface area contributed by atoms with Gasteiger partial charge in [-0.3, -0.25) is 9.59 Å². The Morgan fingerprint density at radius 2 is 1.75 bits per heavy atom. The third kappa shape index (κ3) is 2.95. The molecular formula is C23H33N3O2. The minimum absolute atomic E-state index is 0.144. The monoisotopic (exact) mass is 383 g/mol. The number of rotatable bonds is 3. The summed E-state index contributed by atoms with van der Waals surface area (Å²) in [4.78, 5) is 32.4. The van der Waals surface area contributed by atoms with E-state index in [4.69, 9.17) is 0 Å². The molecule has 2 atom stereocenters. The lowest BCUT2D eigenvalue weighted by molar-refractivity contribution is -0.141. The molecule has 28 heavy (non-hydrogen) atoms. The van der Waals surface area contributed by atoms with Gasteiger partial charge < -0.3 is 14.7 Å². The van der Waals surface area contributed by atoms with E-state index in [1.807, 2.05) is 49.3 Å². The molecule has 1 aromatic carbocycles. The number of carbonyl (C=O) groups excluding carboxylic acids is 2. The number of benzene rings is 1. The van der Waals surface area contributed by atoms with Gasteiger partial charge in [-0.25, -0.2) is 0 Å². The van der Waals surface area contributed by atoms with Crippen LogP contribution >= 0.6 is 0 Å². The first-order valence-electron chi connectivity index (χ1n) is 10.7. The number of piperidine rings is 1. The number of amides is 2. The third-order valence-corrected chi connectivity index (χ3v) is 7.77. The van der Waals surface area contributed by atoms with Gasteiger partial charge in [0.2, 0.25) is 5.91 Å². The van der Waals surface area contributed by atoms with Crippen molar-refractivity contribution in [3.63, 3.8) is 0 Å². The molecule has 152 valence electrons. The average Bonchev–Trinajstić information content (AvgIpc) is 3.25. The van der Waals surface area contributed by atoms with Crippen LogP contribution in [0.5, 0.6) is 0 Å². The maximum Gasteiger partial charge on any atom is 0.253 e. The van der Waals surface area contributed by atoms with Crippen molar-refractivity contribution in [2.45, 2.75) is 32.6 Å². The van der Waals surface area contributed by atoms with Gasteiger partial charge in [-0.15, -0.1) is 0 Å². The predicted molar refractivity (Wildman–Crippen MR) is 110 cm³/mol. The van der Waals surface area contributed by atoms with Crippen molar-refractivity contribution < 1.29 is 9.59 Å². The fourth-order valence-corrected chi connectivity index (χ4v) is 6.21. The average molecular weight is 384 g/mol. The van der Waals surface area contributed by atoms with E-state index < -0.39 is 0 Å². The highest BCUT2D eigenvalue weighted by Gasteiger charge is 2.64. The first-order valence-corrected chi connectivity index (χ1v) is 10.7. The Morgan fingerprint density at radius 1 is 1.07 bits per heavy atom. The molecule has 2 aliphatic heterocycles. The van der Waals surface area contributed by atoms with Crippen LogP contribution in [0, 0.1) is 16.7 Å². The molecule has 4 rings (SSSR count). The molecule has 1 saturated carbocycles. The van der Waals surface area contributed by atoms with E-state index in [0.29, 0.717) is 11.8 Å². The van der Waals surface area contributed by atoms with Crippen molar-refractivity contribution in [1.82, 2.24) is 14.7 Å². The van der Waals surface area contributed by atoms with Crippen molar-refractivity contribution in [3.05, 3.63) is 35.9 Å². The molecule has 1 spiro atoms. The third-order valence-electron chi connectivity index (χ3n) is 7.77. The lowest BCUT2D eigenvalue weighted by Gasteiger charge is -2.44. The molecule has 0 radical (unpaired) electrons. The summed E-state index contributed by atoms with van der Waals surface area (Å²) >= 11 is 0. The smallest absolute Gasteiger partial charge is 0.253 e. The largest absolute Gasteiger partial charge is 0.348 e. The first-order chi connectivity index (χ1) is 13.4. The van der Waals surface area contributed by atoms with Crippen LogP contribution in [0.25, 0.3) is 0 Å². The Morgan fingerprint density at radius 3 is 2.36 bits per heavy atom. The van der Waals surface area contributed by atoms with Gasteiger partial charge >= 0.3 is 0 Å². The molecule has 2 heterocycles. The second kappa shape index (κ2) is 7.18. The van der Waals surface area contributed by atoms with E-state index >= 15 is 0 Å². The number of likely N-dealkylation sites (tertiary alicyclic amines) is 2. The molecule has 5 nitrogen and oxygen atoms in total. The molecule has 2 amide bonds. The Kier molecular flexibility index (Phi) is 4.98. The summed E-state index contributed by atoms with van der Waals surface area (Å²) in [5, 5.41) is 0. The van der Waals surface area contributed by atoms with Crippen molar-refractivity contribution in [2.24, 2.45) is 16.7 Å². The molecule has 0 unspecified atom stereocenters. The Hall–Kier alpha value is -1.88. The minimum atomic E-state index is -0.217. The summed E-state index contributed by atoms with van der Waals surface area (Å²) in [5.41, 5.74) is 0.772. The molecule has 1 aromatic rings. The molecule has 0 bridgehead atoms. The van der Waals surface area contributed by atoms with Gasteiger partial charge in [-0.2, -0.15) is 0 Å². The van der Waals surface area contributed by atoms with Crippen molar-refractivity contribution in [3.8, 4) is 0 Å². The summed E-state index contributed by atoms with van der Waals surface area (Å²) in [5.74, 6) is 0.877. The van der Waals surface area contributed by atoms with E-state index in [-0.39, 0.29) is 16.7 Å². The maximum atomic E-state index is 13.2. The summed E-state index contributed by atoms with van der Waals surface area (Å²) < 4.78 is 0. The zero-order valence-corrected chi connectivity index (χ0v) is 17.5. The topological polar surface area (TPSA) is 43.9 Å². The molecule has 5 heteroatoms. The fourth-order valence-electron chi connectivity index (χ4n) is 6.21.